The number of para-hydroxylation sites is 1. The van der Waals surface area contributed by atoms with Gasteiger partial charge in [0, 0.05) is 0 Å². The Kier molecular flexibility index (Phi) is 31.0. The lowest BCUT2D eigenvalue weighted by Crippen LogP contribution is -2.15. The number of rotatable bonds is 35. The third-order valence-corrected chi connectivity index (χ3v) is 5.34. The molecule has 1 aromatic carbocycles. The molecule has 0 fully saturated rings. The Morgan fingerprint density at radius 2 is 0.727 bits per heavy atom. The first-order valence-electron chi connectivity index (χ1n) is 15.4. The largest absolute Gasteiger partial charge is 0.491 e. The minimum atomic E-state index is -0.251. The zero-order chi connectivity index (χ0) is 31.4. The molecule has 0 saturated heterocycles. The molecule has 0 N–H and O–H groups in total. The summed E-state index contributed by atoms with van der Waals surface area (Å²) in [6, 6.07) is 9.66. The highest BCUT2D eigenvalue weighted by molar-refractivity contribution is 5.69. The van der Waals surface area contributed by atoms with E-state index in [0.717, 1.165) is 5.75 Å². The van der Waals surface area contributed by atoms with Crippen molar-refractivity contribution in [3.8, 4) is 5.75 Å². The number of benzene rings is 1. The van der Waals surface area contributed by atoms with Crippen LogP contribution in [0.1, 0.15) is 13.3 Å². The standard InChI is InChI=1S/C31H54O13/c1-2-43-31(32)8-9-33-10-11-34-12-13-35-14-15-36-16-17-37-18-19-38-20-21-39-22-23-40-24-25-41-26-27-42-28-29-44-30-6-4-3-5-7-30/h3-7H,2,8-29H2,1H3. The van der Waals surface area contributed by atoms with Gasteiger partial charge in [0.2, 0.25) is 0 Å². The molecule has 0 aliphatic carbocycles. The molecule has 13 heteroatoms. The van der Waals surface area contributed by atoms with Crippen molar-refractivity contribution in [2.24, 2.45) is 0 Å². The van der Waals surface area contributed by atoms with E-state index in [4.69, 9.17) is 56.8 Å². The Bertz CT molecular complexity index is 711. The van der Waals surface area contributed by atoms with Gasteiger partial charge in [-0.15, -0.1) is 0 Å². The van der Waals surface area contributed by atoms with Crippen molar-refractivity contribution in [3.63, 3.8) is 0 Å². The fourth-order valence-electron chi connectivity index (χ4n) is 3.21. The summed E-state index contributed by atoms with van der Waals surface area (Å²) in [7, 11) is 0. The van der Waals surface area contributed by atoms with Gasteiger partial charge in [0.1, 0.15) is 12.4 Å². The maximum Gasteiger partial charge on any atom is 0.308 e. The summed E-state index contributed by atoms with van der Waals surface area (Å²) in [6.07, 6.45) is 0.257. The summed E-state index contributed by atoms with van der Waals surface area (Å²) in [5, 5.41) is 0. The second-order valence-electron chi connectivity index (χ2n) is 8.84. The Balaban J connectivity index is 1.62. The first kappa shape index (κ1) is 40.1. The number of carbonyl (C=O) groups excluding carboxylic acids is 1. The summed E-state index contributed by atoms with van der Waals surface area (Å²) in [5.74, 6) is 0.591. The molecule has 0 atom stereocenters. The summed E-state index contributed by atoms with van der Waals surface area (Å²) in [5.41, 5.74) is 0. The summed E-state index contributed by atoms with van der Waals surface area (Å²) in [4.78, 5) is 11.1. The lowest BCUT2D eigenvalue weighted by Gasteiger charge is -2.09. The van der Waals surface area contributed by atoms with Crippen LogP contribution in [0.25, 0.3) is 0 Å². The highest BCUT2D eigenvalue weighted by Gasteiger charge is 2.01. The van der Waals surface area contributed by atoms with Gasteiger partial charge in [0.25, 0.3) is 0 Å². The van der Waals surface area contributed by atoms with E-state index >= 15 is 0 Å². The lowest BCUT2D eigenvalue weighted by atomic mass is 10.3. The number of hydrogen-bond donors (Lipinski definition) is 0. The van der Waals surface area contributed by atoms with Crippen LogP contribution in [0.5, 0.6) is 5.75 Å². The molecule has 256 valence electrons. The minimum absolute atomic E-state index is 0.251. The van der Waals surface area contributed by atoms with E-state index < -0.39 is 0 Å². The number of esters is 1. The summed E-state index contributed by atoms with van der Waals surface area (Å²) >= 11 is 0. The maximum absolute atomic E-state index is 11.1. The van der Waals surface area contributed by atoms with Crippen molar-refractivity contribution < 1.29 is 61.6 Å². The monoisotopic (exact) mass is 634 g/mol. The zero-order valence-electron chi connectivity index (χ0n) is 26.5. The number of ether oxygens (including phenoxy) is 12. The van der Waals surface area contributed by atoms with E-state index in [1.165, 1.54) is 0 Å². The van der Waals surface area contributed by atoms with Gasteiger partial charge in [-0.2, -0.15) is 0 Å². The molecule has 0 unspecified atom stereocenters. The lowest BCUT2D eigenvalue weighted by molar-refractivity contribution is -0.144. The predicted molar refractivity (Wildman–Crippen MR) is 161 cm³/mol. The minimum Gasteiger partial charge on any atom is -0.491 e. The van der Waals surface area contributed by atoms with E-state index in [2.05, 4.69) is 0 Å². The van der Waals surface area contributed by atoms with Crippen LogP contribution >= 0.6 is 0 Å². The molecule has 0 aliphatic rings. The molecule has 44 heavy (non-hydrogen) atoms. The van der Waals surface area contributed by atoms with Crippen LogP contribution < -0.4 is 4.74 Å². The molecule has 0 bridgehead atoms. The molecule has 1 aromatic rings. The predicted octanol–water partition coefficient (Wildman–Crippen LogP) is 2.18. The fraction of sp³-hybridized carbons (Fsp3) is 0.774. The molecule has 0 heterocycles. The Hall–Kier alpha value is -1.91. The van der Waals surface area contributed by atoms with Crippen molar-refractivity contribution in [2.75, 3.05) is 145 Å². The Morgan fingerprint density at radius 1 is 0.432 bits per heavy atom. The highest BCUT2D eigenvalue weighted by atomic mass is 16.6. The third-order valence-electron chi connectivity index (χ3n) is 5.34. The molecule has 0 spiro atoms. The first-order valence-corrected chi connectivity index (χ1v) is 15.4. The van der Waals surface area contributed by atoms with Crippen LogP contribution in [-0.2, 0) is 56.9 Å². The summed E-state index contributed by atoms with van der Waals surface area (Å²) < 4.78 is 64.7. The number of carbonyl (C=O) groups is 1. The fourth-order valence-corrected chi connectivity index (χ4v) is 3.21. The van der Waals surface area contributed by atoms with Crippen molar-refractivity contribution in [1.29, 1.82) is 0 Å². The molecular formula is C31H54O13. The van der Waals surface area contributed by atoms with Gasteiger partial charge in [-0.3, -0.25) is 4.79 Å². The van der Waals surface area contributed by atoms with Crippen molar-refractivity contribution in [1.82, 2.24) is 0 Å². The van der Waals surface area contributed by atoms with Crippen LogP contribution in [0.4, 0.5) is 0 Å². The van der Waals surface area contributed by atoms with Crippen LogP contribution in [0.3, 0.4) is 0 Å². The van der Waals surface area contributed by atoms with Crippen molar-refractivity contribution >= 4 is 5.97 Å². The normalized spacial score (nSPS) is 11.2. The van der Waals surface area contributed by atoms with Gasteiger partial charge < -0.3 is 56.8 Å². The maximum atomic E-state index is 11.1. The Morgan fingerprint density at radius 3 is 1.05 bits per heavy atom. The molecule has 0 radical (unpaired) electrons. The van der Waals surface area contributed by atoms with Crippen LogP contribution in [0.15, 0.2) is 30.3 Å². The van der Waals surface area contributed by atoms with Crippen LogP contribution in [-0.4, -0.2) is 151 Å². The quantitative estimate of drug-likeness (QED) is 0.0800. The van der Waals surface area contributed by atoms with E-state index in [0.29, 0.717) is 145 Å². The van der Waals surface area contributed by atoms with E-state index in [1.54, 1.807) is 6.92 Å². The van der Waals surface area contributed by atoms with Gasteiger partial charge in [0.05, 0.1) is 145 Å². The zero-order valence-corrected chi connectivity index (χ0v) is 26.5. The van der Waals surface area contributed by atoms with E-state index in [-0.39, 0.29) is 12.4 Å². The van der Waals surface area contributed by atoms with Crippen LogP contribution in [0.2, 0.25) is 0 Å². The molecule has 0 aliphatic heterocycles. The Labute approximate surface area is 262 Å². The van der Waals surface area contributed by atoms with Crippen molar-refractivity contribution in [3.05, 3.63) is 30.3 Å². The molecule has 0 aromatic heterocycles. The SMILES string of the molecule is CCOC(=O)CCOCCOCCOCCOCCOCCOCCOCCOCCOCCOCCOc1ccccc1. The third kappa shape index (κ3) is 30.1. The summed E-state index contributed by atoms with van der Waals surface area (Å²) in [6.45, 7) is 12.4. The average molecular weight is 635 g/mol. The average Bonchev–Trinajstić information content (AvgIpc) is 3.04. The smallest absolute Gasteiger partial charge is 0.308 e. The van der Waals surface area contributed by atoms with E-state index in [1.807, 2.05) is 30.3 Å². The molecule has 13 nitrogen and oxygen atoms in total. The van der Waals surface area contributed by atoms with Gasteiger partial charge in [0.15, 0.2) is 0 Å². The van der Waals surface area contributed by atoms with E-state index in [9.17, 15) is 4.79 Å². The second kappa shape index (κ2) is 34.0. The molecule has 1 rings (SSSR count). The molecule has 0 saturated carbocycles. The topological polar surface area (TPSA) is 128 Å². The number of hydrogen-bond acceptors (Lipinski definition) is 13. The van der Waals surface area contributed by atoms with Gasteiger partial charge in [-0.05, 0) is 19.1 Å². The first-order chi connectivity index (χ1) is 21.8. The highest BCUT2D eigenvalue weighted by Crippen LogP contribution is 2.07. The van der Waals surface area contributed by atoms with Gasteiger partial charge in [-0.25, -0.2) is 0 Å². The second-order valence-corrected chi connectivity index (χ2v) is 8.84. The van der Waals surface area contributed by atoms with Crippen molar-refractivity contribution in [2.45, 2.75) is 13.3 Å². The van der Waals surface area contributed by atoms with Gasteiger partial charge >= 0.3 is 5.97 Å². The van der Waals surface area contributed by atoms with Crippen LogP contribution in [0, 0.1) is 0 Å². The molecular weight excluding hydrogens is 580 g/mol. The molecule has 0 amide bonds. The van der Waals surface area contributed by atoms with Gasteiger partial charge in [-0.1, -0.05) is 18.2 Å².